The molecule has 0 bridgehead atoms. The first-order valence-corrected chi connectivity index (χ1v) is 6.24. The summed E-state index contributed by atoms with van der Waals surface area (Å²) in [4.78, 5) is 16.4. The van der Waals surface area contributed by atoms with Gasteiger partial charge in [0.05, 0.1) is 19.1 Å². The number of benzene rings is 1. The van der Waals surface area contributed by atoms with Gasteiger partial charge in [-0.05, 0) is 18.2 Å². The van der Waals surface area contributed by atoms with Crippen molar-refractivity contribution in [1.29, 1.82) is 0 Å². The molecule has 0 spiro atoms. The number of halogens is 1. The van der Waals surface area contributed by atoms with E-state index in [4.69, 9.17) is 4.74 Å². The van der Waals surface area contributed by atoms with Crippen LogP contribution in [0.2, 0.25) is 0 Å². The summed E-state index contributed by atoms with van der Waals surface area (Å²) in [5.74, 6) is 1.31. The first kappa shape index (κ1) is 12.8. The van der Waals surface area contributed by atoms with E-state index in [0.29, 0.717) is 11.3 Å². The van der Waals surface area contributed by atoms with Crippen molar-refractivity contribution in [2.75, 3.05) is 7.11 Å². The minimum atomic E-state index is -0.00588. The molecule has 0 unspecified atom stereocenters. The monoisotopic (exact) mass is 308 g/mol. The number of hydrogen-bond donors (Lipinski definition) is 0. The van der Waals surface area contributed by atoms with E-state index < -0.39 is 0 Å². The number of ether oxygens (including phenoxy) is 1. The van der Waals surface area contributed by atoms with Gasteiger partial charge in [0.2, 0.25) is 0 Å². The number of Topliss-reactive ketones (excluding diaryl/α,β-unsaturated/α-hetero) is 1. The molecule has 0 aliphatic heterocycles. The molecular weight excluding hydrogens is 296 g/mol. The molecule has 0 saturated heterocycles. The number of aromatic nitrogens is 2. The van der Waals surface area contributed by atoms with Crippen LogP contribution in [-0.4, -0.2) is 22.4 Å². The van der Waals surface area contributed by atoms with Gasteiger partial charge in [-0.15, -0.1) is 0 Å². The summed E-state index contributed by atoms with van der Waals surface area (Å²) < 4.78 is 7.94. The second kappa shape index (κ2) is 5.35. The molecule has 4 nitrogen and oxygen atoms in total. The lowest BCUT2D eigenvalue weighted by Crippen LogP contribution is -2.09. The second-order valence-electron chi connectivity index (χ2n) is 3.90. The summed E-state index contributed by atoms with van der Waals surface area (Å²) in [5.41, 5.74) is 0.573. The predicted molar refractivity (Wildman–Crippen MR) is 71.9 cm³/mol. The number of carbonyl (C=O) groups excluding carboxylic acids is 1. The number of hydrogen-bond acceptors (Lipinski definition) is 3. The molecule has 0 saturated carbocycles. The summed E-state index contributed by atoms with van der Waals surface area (Å²) >= 11 is 3.35. The minimum absolute atomic E-state index is 0.00588. The number of aryl methyl sites for hydroxylation is 1. The molecule has 5 heteroatoms. The average molecular weight is 309 g/mol. The zero-order valence-corrected chi connectivity index (χ0v) is 11.8. The molecule has 0 aliphatic carbocycles. The van der Waals surface area contributed by atoms with E-state index in [-0.39, 0.29) is 12.2 Å². The van der Waals surface area contributed by atoms with Gasteiger partial charge < -0.3 is 9.30 Å². The Labute approximate surface area is 114 Å². The maximum Gasteiger partial charge on any atom is 0.174 e. The maximum atomic E-state index is 12.2. The number of ketones is 1. The quantitative estimate of drug-likeness (QED) is 0.816. The Morgan fingerprint density at radius 1 is 1.50 bits per heavy atom. The molecule has 0 N–H and O–H groups in total. The van der Waals surface area contributed by atoms with Crippen molar-refractivity contribution in [3.8, 4) is 5.75 Å². The second-order valence-corrected chi connectivity index (χ2v) is 4.81. The van der Waals surface area contributed by atoms with Crippen molar-refractivity contribution in [1.82, 2.24) is 9.55 Å². The SMILES string of the molecule is COc1cc(Br)ccc1C(=O)Cc1nccn1C. The normalized spacial score (nSPS) is 10.4. The van der Waals surface area contributed by atoms with Crippen molar-refractivity contribution in [2.24, 2.45) is 7.05 Å². The van der Waals surface area contributed by atoms with Gasteiger partial charge in [-0.3, -0.25) is 4.79 Å². The number of imidazole rings is 1. The van der Waals surface area contributed by atoms with Gasteiger partial charge in [0.1, 0.15) is 11.6 Å². The molecule has 1 heterocycles. The Morgan fingerprint density at radius 2 is 2.28 bits per heavy atom. The highest BCUT2D eigenvalue weighted by molar-refractivity contribution is 9.10. The Balaban J connectivity index is 2.26. The van der Waals surface area contributed by atoms with Crippen LogP contribution in [-0.2, 0) is 13.5 Å². The minimum Gasteiger partial charge on any atom is -0.496 e. The van der Waals surface area contributed by atoms with Gasteiger partial charge in [0.25, 0.3) is 0 Å². The van der Waals surface area contributed by atoms with Crippen molar-refractivity contribution >= 4 is 21.7 Å². The fourth-order valence-electron chi connectivity index (χ4n) is 1.70. The third-order valence-electron chi connectivity index (χ3n) is 2.70. The Hall–Kier alpha value is -1.62. The van der Waals surface area contributed by atoms with E-state index >= 15 is 0 Å². The van der Waals surface area contributed by atoms with E-state index in [1.54, 1.807) is 25.4 Å². The number of methoxy groups -OCH3 is 1. The third-order valence-corrected chi connectivity index (χ3v) is 3.20. The highest BCUT2D eigenvalue weighted by Gasteiger charge is 2.15. The van der Waals surface area contributed by atoms with E-state index in [2.05, 4.69) is 20.9 Å². The maximum absolute atomic E-state index is 12.2. The molecule has 0 aliphatic rings. The Bertz CT molecular complexity index is 578. The number of nitrogens with zero attached hydrogens (tertiary/aromatic N) is 2. The van der Waals surface area contributed by atoms with Crippen LogP contribution in [0.25, 0.3) is 0 Å². The van der Waals surface area contributed by atoms with Gasteiger partial charge in [-0.2, -0.15) is 0 Å². The molecule has 18 heavy (non-hydrogen) atoms. The average Bonchev–Trinajstić information content (AvgIpc) is 2.74. The van der Waals surface area contributed by atoms with E-state index in [0.717, 1.165) is 10.3 Å². The molecule has 2 aromatic rings. The van der Waals surface area contributed by atoms with Crippen LogP contribution in [0.3, 0.4) is 0 Å². The summed E-state index contributed by atoms with van der Waals surface area (Å²) in [6.45, 7) is 0. The van der Waals surface area contributed by atoms with E-state index in [1.807, 2.05) is 23.9 Å². The van der Waals surface area contributed by atoms with Crippen LogP contribution in [0.15, 0.2) is 35.1 Å². The highest BCUT2D eigenvalue weighted by Crippen LogP contribution is 2.24. The van der Waals surface area contributed by atoms with Crippen molar-refractivity contribution < 1.29 is 9.53 Å². The number of rotatable bonds is 4. The smallest absolute Gasteiger partial charge is 0.174 e. The molecule has 0 atom stereocenters. The predicted octanol–water partition coefficient (Wildman–Crippen LogP) is 2.62. The van der Waals surface area contributed by atoms with Crippen LogP contribution >= 0.6 is 15.9 Å². The molecule has 1 aromatic carbocycles. The Morgan fingerprint density at radius 3 is 2.89 bits per heavy atom. The Kier molecular flexibility index (Phi) is 3.81. The summed E-state index contributed by atoms with van der Waals surface area (Å²) in [6.07, 6.45) is 3.77. The van der Waals surface area contributed by atoms with Crippen LogP contribution in [0.4, 0.5) is 0 Å². The number of carbonyl (C=O) groups is 1. The summed E-state index contributed by atoms with van der Waals surface area (Å²) in [5, 5.41) is 0. The lowest BCUT2D eigenvalue weighted by molar-refractivity contribution is 0.0987. The fraction of sp³-hybridized carbons (Fsp3) is 0.231. The third kappa shape index (κ3) is 2.61. The van der Waals surface area contributed by atoms with Crippen LogP contribution < -0.4 is 4.74 Å². The standard InChI is InChI=1S/C13H13BrN2O2/c1-16-6-5-15-13(16)8-11(17)10-4-3-9(14)7-12(10)18-2/h3-7H,8H2,1-2H3. The molecule has 94 valence electrons. The van der Waals surface area contributed by atoms with Crippen molar-refractivity contribution in [3.63, 3.8) is 0 Å². The van der Waals surface area contributed by atoms with Gasteiger partial charge in [-0.25, -0.2) is 4.98 Å². The van der Waals surface area contributed by atoms with Gasteiger partial charge >= 0.3 is 0 Å². The summed E-state index contributed by atoms with van der Waals surface area (Å²) in [6, 6.07) is 5.37. The van der Waals surface area contributed by atoms with Gasteiger partial charge in [-0.1, -0.05) is 15.9 Å². The molecule has 0 fully saturated rings. The van der Waals surface area contributed by atoms with Gasteiger partial charge in [0, 0.05) is 23.9 Å². The first-order chi connectivity index (χ1) is 8.61. The van der Waals surface area contributed by atoms with Crippen molar-refractivity contribution in [2.45, 2.75) is 6.42 Å². The zero-order valence-electron chi connectivity index (χ0n) is 10.2. The molecule has 0 radical (unpaired) electrons. The lowest BCUT2D eigenvalue weighted by atomic mass is 10.1. The molecular formula is C13H13BrN2O2. The van der Waals surface area contributed by atoms with Crippen LogP contribution in [0, 0.1) is 0 Å². The largest absolute Gasteiger partial charge is 0.496 e. The van der Waals surface area contributed by atoms with Crippen LogP contribution in [0.5, 0.6) is 5.75 Å². The van der Waals surface area contributed by atoms with Crippen LogP contribution in [0.1, 0.15) is 16.2 Å². The zero-order chi connectivity index (χ0) is 13.1. The lowest BCUT2D eigenvalue weighted by Gasteiger charge is -2.08. The molecule has 2 rings (SSSR count). The summed E-state index contributed by atoms with van der Waals surface area (Å²) in [7, 11) is 3.42. The van der Waals surface area contributed by atoms with E-state index in [9.17, 15) is 4.79 Å². The topological polar surface area (TPSA) is 44.1 Å². The first-order valence-electron chi connectivity index (χ1n) is 5.44. The highest BCUT2D eigenvalue weighted by atomic mass is 79.9. The molecule has 1 aromatic heterocycles. The van der Waals surface area contributed by atoms with E-state index in [1.165, 1.54) is 0 Å². The molecule has 0 amide bonds. The fourth-order valence-corrected chi connectivity index (χ4v) is 2.04. The van der Waals surface area contributed by atoms with Crippen molar-refractivity contribution in [3.05, 3.63) is 46.5 Å². The van der Waals surface area contributed by atoms with Gasteiger partial charge in [0.15, 0.2) is 5.78 Å².